The lowest BCUT2D eigenvalue weighted by Gasteiger charge is -2.33. The van der Waals surface area contributed by atoms with Gasteiger partial charge in [0.1, 0.15) is 0 Å². The lowest BCUT2D eigenvalue weighted by molar-refractivity contribution is 0.156. The van der Waals surface area contributed by atoms with E-state index in [0.29, 0.717) is 11.3 Å². The van der Waals surface area contributed by atoms with Crippen molar-refractivity contribution in [2.75, 3.05) is 53.0 Å². The molecule has 3 heterocycles. The molecule has 1 unspecified atom stereocenters. The van der Waals surface area contributed by atoms with E-state index in [-0.39, 0.29) is 0 Å². The van der Waals surface area contributed by atoms with Gasteiger partial charge in [0.05, 0.1) is 6.61 Å². The van der Waals surface area contributed by atoms with Crippen LogP contribution in [-0.4, -0.2) is 68.7 Å². The molecular weight excluding hydrogens is 372 g/mol. The summed E-state index contributed by atoms with van der Waals surface area (Å²) in [5, 5.41) is 4.54. The van der Waals surface area contributed by atoms with E-state index in [1.807, 2.05) is 19.2 Å². The molecule has 1 aromatic rings. The van der Waals surface area contributed by atoms with Gasteiger partial charge in [0.2, 0.25) is 0 Å². The van der Waals surface area contributed by atoms with Crippen LogP contribution in [-0.2, 0) is 11.3 Å². The highest BCUT2D eigenvalue weighted by Crippen LogP contribution is 2.38. The molecule has 0 bridgehead atoms. The minimum atomic E-state index is 0.377. The smallest absolute Gasteiger partial charge is 0.193 e. The average molecular weight is 405 g/mol. The summed E-state index contributed by atoms with van der Waals surface area (Å²) in [6.45, 7) is 8.28. The Kier molecular flexibility index (Phi) is 6.44. The summed E-state index contributed by atoms with van der Waals surface area (Å²) in [6.07, 6.45) is 4.89. The topological polar surface area (TPSA) is 40.1 Å². The molecule has 0 aliphatic carbocycles. The molecule has 0 saturated carbocycles. The van der Waals surface area contributed by atoms with Gasteiger partial charge < -0.3 is 15.0 Å². The molecule has 6 heteroatoms. The molecule has 4 rings (SSSR count). The number of halogens is 1. The molecule has 0 amide bonds. The second-order valence-electron chi connectivity index (χ2n) is 8.71. The number of ether oxygens (including phenoxy) is 1. The number of hydrogen-bond acceptors (Lipinski definition) is 3. The van der Waals surface area contributed by atoms with Gasteiger partial charge in [0.25, 0.3) is 0 Å². The maximum Gasteiger partial charge on any atom is 0.193 e. The number of aliphatic imine (C=N–C) groups is 1. The van der Waals surface area contributed by atoms with Crippen LogP contribution in [0.4, 0.5) is 0 Å². The summed E-state index contributed by atoms with van der Waals surface area (Å²) in [5.74, 6) is 1.79. The summed E-state index contributed by atoms with van der Waals surface area (Å²) < 4.78 is 5.66. The molecule has 154 valence electrons. The molecule has 1 N–H and O–H groups in total. The van der Waals surface area contributed by atoms with Crippen molar-refractivity contribution in [3.05, 3.63) is 34.9 Å². The maximum atomic E-state index is 6.32. The summed E-state index contributed by atoms with van der Waals surface area (Å²) in [7, 11) is 1.91. The first-order chi connectivity index (χ1) is 13.7. The van der Waals surface area contributed by atoms with Crippen molar-refractivity contribution in [2.45, 2.75) is 32.2 Å². The fourth-order valence-electron chi connectivity index (χ4n) is 4.87. The molecule has 28 heavy (non-hydrogen) atoms. The van der Waals surface area contributed by atoms with Crippen LogP contribution in [0.2, 0.25) is 5.02 Å². The Labute approximate surface area is 174 Å². The first kappa shape index (κ1) is 20.0. The first-order valence-corrected chi connectivity index (χ1v) is 11.0. The number of piperidine rings is 1. The molecule has 3 fully saturated rings. The van der Waals surface area contributed by atoms with E-state index in [9.17, 15) is 0 Å². The minimum Gasteiger partial charge on any atom is -0.381 e. The number of guanidine groups is 1. The van der Waals surface area contributed by atoms with Gasteiger partial charge >= 0.3 is 0 Å². The van der Waals surface area contributed by atoms with Gasteiger partial charge in [0.15, 0.2) is 5.96 Å². The lowest BCUT2D eigenvalue weighted by atomic mass is 9.87. The highest BCUT2D eigenvalue weighted by molar-refractivity contribution is 6.31. The Morgan fingerprint density at radius 2 is 2.07 bits per heavy atom. The van der Waals surface area contributed by atoms with Gasteiger partial charge in [-0.1, -0.05) is 29.8 Å². The highest BCUT2D eigenvalue weighted by Gasteiger charge is 2.42. The Hall–Kier alpha value is -1.30. The Bertz CT molecular complexity index is 681. The van der Waals surface area contributed by atoms with Gasteiger partial charge in [-0.25, -0.2) is 0 Å². The second kappa shape index (κ2) is 9.02. The number of nitrogens with zero attached hydrogens (tertiary/aromatic N) is 3. The third-order valence-corrected chi connectivity index (χ3v) is 7.11. The van der Waals surface area contributed by atoms with Crippen molar-refractivity contribution in [1.29, 1.82) is 0 Å². The largest absolute Gasteiger partial charge is 0.381 e. The first-order valence-electron chi connectivity index (χ1n) is 10.7. The van der Waals surface area contributed by atoms with Crippen LogP contribution in [0, 0.1) is 11.3 Å². The molecule has 3 saturated heterocycles. The third-order valence-electron chi connectivity index (χ3n) is 6.74. The molecule has 3 aliphatic rings. The zero-order chi connectivity index (χ0) is 19.4. The molecule has 0 aromatic heterocycles. The van der Waals surface area contributed by atoms with Crippen molar-refractivity contribution < 1.29 is 4.74 Å². The van der Waals surface area contributed by atoms with E-state index in [2.05, 4.69) is 32.2 Å². The van der Waals surface area contributed by atoms with Crippen LogP contribution in [0.3, 0.4) is 0 Å². The van der Waals surface area contributed by atoms with E-state index >= 15 is 0 Å². The van der Waals surface area contributed by atoms with E-state index in [1.54, 1.807) is 0 Å². The standard InChI is InChI=1S/C22H33ClN4O/c1-24-21(27-12-8-22(16-27)9-13-28-17-22)25-14-18-6-10-26(11-7-18)15-19-4-2-3-5-20(19)23/h2-5,18H,6-17H2,1H3,(H,24,25). The molecule has 1 spiro atoms. The van der Waals surface area contributed by atoms with E-state index in [4.69, 9.17) is 16.3 Å². The van der Waals surface area contributed by atoms with E-state index < -0.39 is 0 Å². The van der Waals surface area contributed by atoms with Gasteiger partial charge in [-0.2, -0.15) is 0 Å². The summed E-state index contributed by atoms with van der Waals surface area (Å²) in [5.41, 5.74) is 1.61. The second-order valence-corrected chi connectivity index (χ2v) is 9.12. The molecule has 5 nitrogen and oxygen atoms in total. The predicted molar refractivity (Wildman–Crippen MR) is 115 cm³/mol. The van der Waals surface area contributed by atoms with E-state index in [0.717, 1.165) is 63.5 Å². The fraction of sp³-hybridized carbons (Fsp3) is 0.682. The Morgan fingerprint density at radius 3 is 2.79 bits per heavy atom. The quantitative estimate of drug-likeness (QED) is 0.617. The van der Waals surface area contributed by atoms with E-state index in [1.165, 1.54) is 31.2 Å². The molecule has 1 aromatic carbocycles. The average Bonchev–Trinajstić information content (AvgIpc) is 3.35. The van der Waals surface area contributed by atoms with Crippen LogP contribution < -0.4 is 5.32 Å². The van der Waals surface area contributed by atoms with Crippen molar-refractivity contribution in [1.82, 2.24) is 15.1 Å². The lowest BCUT2D eigenvalue weighted by Crippen LogP contribution is -2.44. The molecule has 1 atom stereocenters. The van der Waals surface area contributed by atoms with Crippen molar-refractivity contribution in [3.8, 4) is 0 Å². The Balaban J connectivity index is 1.21. The van der Waals surface area contributed by atoms with Gasteiger partial charge in [-0.05, 0) is 56.3 Å². The van der Waals surface area contributed by atoms with Crippen LogP contribution in [0.25, 0.3) is 0 Å². The van der Waals surface area contributed by atoms with Gasteiger partial charge in [-0.15, -0.1) is 0 Å². The third kappa shape index (κ3) is 4.64. The van der Waals surface area contributed by atoms with Crippen LogP contribution in [0.15, 0.2) is 29.3 Å². The normalized spacial score (nSPS) is 27.1. The highest BCUT2D eigenvalue weighted by atomic mass is 35.5. The predicted octanol–water partition coefficient (Wildman–Crippen LogP) is 3.24. The molecule has 3 aliphatic heterocycles. The van der Waals surface area contributed by atoms with Gasteiger partial charge in [0, 0.05) is 50.3 Å². The maximum absolute atomic E-state index is 6.32. The van der Waals surface area contributed by atoms with Crippen LogP contribution in [0.5, 0.6) is 0 Å². The SMILES string of the molecule is CN=C(NCC1CCN(Cc2ccccc2Cl)CC1)N1CCC2(CCOC2)C1. The zero-order valence-electron chi connectivity index (χ0n) is 17.0. The summed E-state index contributed by atoms with van der Waals surface area (Å²) >= 11 is 6.32. The Morgan fingerprint density at radius 1 is 1.25 bits per heavy atom. The molecule has 0 radical (unpaired) electrons. The van der Waals surface area contributed by atoms with Crippen molar-refractivity contribution in [3.63, 3.8) is 0 Å². The fourth-order valence-corrected chi connectivity index (χ4v) is 5.07. The van der Waals surface area contributed by atoms with Crippen LogP contribution in [0.1, 0.15) is 31.2 Å². The number of likely N-dealkylation sites (tertiary alicyclic amines) is 2. The monoisotopic (exact) mass is 404 g/mol. The van der Waals surface area contributed by atoms with Crippen LogP contribution >= 0.6 is 11.6 Å². The molecular formula is C22H33ClN4O. The number of nitrogens with one attached hydrogen (secondary N) is 1. The number of benzene rings is 1. The summed E-state index contributed by atoms with van der Waals surface area (Å²) in [6, 6.07) is 8.19. The summed E-state index contributed by atoms with van der Waals surface area (Å²) in [4.78, 5) is 9.51. The van der Waals surface area contributed by atoms with Crippen molar-refractivity contribution in [2.24, 2.45) is 16.3 Å². The number of rotatable bonds is 4. The number of hydrogen-bond donors (Lipinski definition) is 1. The van der Waals surface area contributed by atoms with Crippen molar-refractivity contribution >= 4 is 17.6 Å². The van der Waals surface area contributed by atoms with Gasteiger partial charge in [-0.3, -0.25) is 9.89 Å². The zero-order valence-corrected chi connectivity index (χ0v) is 17.8. The minimum absolute atomic E-state index is 0.377.